The molecule has 0 aliphatic rings. The summed E-state index contributed by atoms with van der Waals surface area (Å²) in [7, 11) is 0. The lowest BCUT2D eigenvalue weighted by atomic mass is 10.2. The van der Waals surface area contributed by atoms with Gasteiger partial charge in [-0.15, -0.1) is 11.3 Å². The van der Waals surface area contributed by atoms with Gasteiger partial charge in [0.2, 0.25) is 0 Å². The van der Waals surface area contributed by atoms with Crippen LogP contribution in [0.1, 0.15) is 33.5 Å². The molecule has 3 rings (SSSR count). The van der Waals surface area contributed by atoms with E-state index in [1.54, 1.807) is 17.4 Å². The van der Waals surface area contributed by atoms with Crippen LogP contribution in [0.25, 0.3) is 0 Å². The van der Waals surface area contributed by atoms with E-state index in [0.29, 0.717) is 12.1 Å². The van der Waals surface area contributed by atoms with E-state index in [4.69, 9.17) is 16.3 Å². The van der Waals surface area contributed by atoms with Crippen LogP contribution in [0.5, 0.6) is 0 Å². The summed E-state index contributed by atoms with van der Waals surface area (Å²) in [6.45, 7) is 5.83. The predicted octanol–water partition coefficient (Wildman–Crippen LogP) is 4.96. The lowest BCUT2D eigenvalue weighted by molar-refractivity contribution is -0.384. The molecule has 0 unspecified atom stereocenters. The van der Waals surface area contributed by atoms with Gasteiger partial charge < -0.3 is 14.6 Å². The SMILES string of the molecule is Cc1cc(C(=O)O[C@@H](C)C(=O)Nc2ccc([N+](=O)[O-])cc2Cl)c(C)n1Cc1cccs1. The molecule has 1 amide bonds. The van der Waals surface area contributed by atoms with Gasteiger partial charge in [0.25, 0.3) is 11.6 Å². The summed E-state index contributed by atoms with van der Waals surface area (Å²) in [5, 5.41) is 15.3. The van der Waals surface area contributed by atoms with Crippen molar-refractivity contribution in [1.29, 1.82) is 0 Å². The fourth-order valence-corrected chi connectivity index (χ4v) is 3.96. The Bertz CT molecular complexity index is 1140. The first-order chi connectivity index (χ1) is 14.7. The van der Waals surface area contributed by atoms with E-state index in [-0.39, 0.29) is 16.4 Å². The quantitative estimate of drug-likeness (QED) is 0.304. The van der Waals surface area contributed by atoms with Crippen molar-refractivity contribution in [3.63, 3.8) is 0 Å². The molecule has 1 atom stereocenters. The molecular formula is C21H20ClN3O5S. The third-order valence-electron chi connectivity index (χ3n) is 4.76. The van der Waals surface area contributed by atoms with Crippen molar-refractivity contribution in [2.45, 2.75) is 33.4 Å². The topological polar surface area (TPSA) is 103 Å². The molecule has 0 radical (unpaired) electrons. The summed E-state index contributed by atoms with van der Waals surface area (Å²) in [6.07, 6.45) is -1.10. The van der Waals surface area contributed by atoms with Crippen LogP contribution in [0.4, 0.5) is 11.4 Å². The largest absolute Gasteiger partial charge is 0.449 e. The van der Waals surface area contributed by atoms with E-state index < -0.39 is 22.9 Å². The fraction of sp³-hybridized carbons (Fsp3) is 0.238. The van der Waals surface area contributed by atoms with Crippen molar-refractivity contribution >= 4 is 46.2 Å². The first kappa shape index (κ1) is 22.5. The molecule has 2 aromatic heterocycles. The number of rotatable bonds is 7. The zero-order chi connectivity index (χ0) is 22.7. The molecule has 0 bridgehead atoms. The number of halogens is 1. The van der Waals surface area contributed by atoms with Gasteiger partial charge in [-0.25, -0.2) is 4.79 Å². The van der Waals surface area contributed by atoms with E-state index in [1.165, 1.54) is 19.1 Å². The predicted molar refractivity (Wildman–Crippen MR) is 119 cm³/mol. The summed E-state index contributed by atoms with van der Waals surface area (Å²) in [5.41, 5.74) is 2.05. The highest BCUT2D eigenvalue weighted by Crippen LogP contribution is 2.27. The Balaban J connectivity index is 1.68. The van der Waals surface area contributed by atoms with Gasteiger partial charge in [-0.05, 0) is 44.4 Å². The number of nitrogens with zero attached hydrogens (tertiary/aromatic N) is 2. The van der Waals surface area contributed by atoms with Crippen LogP contribution < -0.4 is 5.32 Å². The number of esters is 1. The van der Waals surface area contributed by atoms with Gasteiger partial charge >= 0.3 is 5.97 Å². The number of nitro groups is 1. The zero-order valence-electron chi connectivity index (χ0n) is 17.0. The molecule has 0 spiro atoms. The van der Waals surface area contributed by atoms with Gasteiger partial charge in [-0.2, -0.15) is 0 Å². The summed E-state index contributed by atoms with van der Waals surface area (Å²) >= 11 is 7.63. The number of thiophene rings is 1. The van der Waals surface area contributed by atoms with Crippen LogP contribution in [-0.4, -0.2) is 27.5 Å². The summed E-state index contributed by atoms with van der Waals surface area (Å²) < 4.78 is 7.36. The molecule has 0 fully saturated rings. The second-order valence-electron chi connectivity index (χ2n) is 6.91. The van der Waals surface area contributed by atoms with Crippen LogP contribution in [0.2, 0.25) is 5.02 Å². The smallest absolute Gasteiger partial charge is 0.340 e. The van der Waals surface area contributed by atoms with Crippen LogP contribution in [0.15, 0.2) is 41.8 Å². The highest BCUT2D eigenvalue weighted by Gasteiger charge is 2.23. The van der Waals surface area contributed by atoms with Crippen LogP contribution in [0, 0.1) is 24.0 Å². The molecule has 0 saturated heterocycles. The Labute approximate surface area is 187 Å². The summed E-state index contributed by atoms with van der Waals surface area (Å²) in [4.78, 5) is 36.5. The van der Waals surface area contributed by atoms with Crippen molar-refractivity contribution in [3.05, 3.63) is 78.7 Å². The molecule has 10 heteroatoms. The Hall–Kier alpha value is -3.17. The van der Waals surface area contributed by atoms with Crippen LogP contribution in [-0.2, 0) is 16.1 Å². The first-order valence-electron chi connectivity index (χ1n) is 9.32. The number of carbonyl (C=O) groups is 2. The molecule has 2 heterocycles. The Morgan fingerprint density at radius 3 is 2.65 bits per heavy atom. The molecule has 0 aliphatic heterocycles. The maximum Gasteiger partial charge on any atom is 0.340 e. The van der Waals surface area contributed by atoms with Crippen molar-refractivity contribution < 1.29 is 19.2 Å². The van der Waals surface area contributed by atoms with Crippen LogP contribution in [0.3, 0.4) is 0 Å². The number of benzene rings is 1. The van der Waals surface area contributed by atoms with E-state index in [2.05, 4.69) is 5.32 Å². The number of hydrogen-bond donors (Lipinski definition) is 1. The molecule has 0 saturated carbocycles. The van der Waals surface area contributed by atoms with Crippen molar-refractivity contribution in [3.8, 4) is 0 Å². The molecule has 31 heavy (non-hydrogen) atoms. The third-order valence-corrected chi connectivity index (χ3v) is 5.94. The maximum absolute atomic E-state index is 12.7. The van der Waals surface area contributed by atoms with E-state index in [9.17, 15) is 19.7 Å². The Kier molecular flexibility index (Phi) is 6.77. The first-order valence-corrected chi connectivity index (χ1v) is 10.6. The second-order valence-corrected chi connectivity index (χ2v) is 8.35. The summed E-state index contributed by atoms with van der Waals surface area (Å²) in [6, 6.07) is 9.42. The molecule has 3 aromatic rings. The van der Waals surface area contributed by atoms with Gasteiger partial charge in [-0.1, -0.05) is 17.7 Å². The van der Waals surface area contributed by atoms with Gasteiger partial charge in [0.05, 0.1) is 27.7 Å². The minimum absolute atomic E-state index is 0.0122. The highest BCUT2D eigenvalue weighted by atomic mass is 35.5. The number of carbonyl (C=O) groups excluding carboxylic acids is 2. The molecule has 162 valence electrons. The van der Waals surface area contributed by atoms with Gasteiger partial charge in [0, 0.05) is 28.4 Å². The molecule has 1 N–H and O–H groups in total. The molecular weight excluding hydrogens is 442 g/mol. The number of nitro benzene ring substituents is 1. The van der Waals surface area contributed by atoms with Gasteiger partial charge in [-0.3, -0.25) is 14.9 Å². The average Bonchev–Trinajstić information content (AvgIpc) is 3.33. The Morgan fingerprint density at radius 2 is 2.03 bits per heavy atom. The minimum Gasteiger partial charge on any atom is -0.449 e. The molecule has 0 aliphatic carbocycles. The fourth-order valence-electron chi connectivity index (χ4n) is 3.04. The average molecular weight is 462 g/mol. The summed E-state index contributed by atoms with van der Waals surface area (Å²) in [5.74, 6) is -1.21. The van der Waals surface area contributed by atoms with Gasteiger partial charge in [0.15, 0.2) is 6.10 Å². The number of nitrogens with one attached hydrogen (secondary N) is 1. The number of aromatic nitrogens is 1. The second kappa shape index (κ2) is 9.32. The lowest BCUT2D eigenvalue weighted by Crippen LogP contribution is -2.30. The van der Waals surface area contributed by atoms with E-state index in [1.807, 2.05) is 35.9 Å². The van der Waals surface area contributed by atoms with Crippen molar-refractivity contribution in [2.24, 2.45) is 0 Å². The number of aryl methyl sites for hydroxylation is 1. The van der Waals surface area contributed by atoms with E-state index in [0.717, 1.165) is 22.3 Å². The van der Waals surface area contributed by atoms with Crippen molar-refractivity contribution in [2.75, 3.05) is 5.32 Å². The number of anilines is 1. The maximum atomic E-state index is 12.7. The molecule has 1 aromatic carbocycles. The third kappa shape index (κ3) is 5.12. The van der Waals surface area contributed by atoms with Crippen molar-refractivity contribution in [1.82, 2.24) is 4.57 Å². The standard InChI is InChI=1S/C21H20ClN3O5S/c1-12-9-17(13(2)24(12)11-16-5-4-8-31-16)21(27)30-14(3)20(26)23-19-7-6-15(25(28)29)10-18(19)22/h4-10,14H,11H2,1-3H3,(H,23,26)/t14-/m0/s1. The zero-order valence-corrected chi connectivity index (χ0v) is 18.6. The number of amides is 1. The number of hydrogen-bond acceptors (Lipinski definition) is 6. The number of ether oxygens (including phenoxy) is 1. The van der Waals surface area contributed by atoms with E-state index >= 15 is 0 Å². The number of non-ortho nitro benzene ring substituents is 1. The minimum atomic E-state index is -1.10. The highest BCUT2D eigenvalue weighted by molar-refractivity contribution is 7.09. The van der Waals surface area contributed by atoms with Gasteiger partial charge in [0.1, 0.15) is 0 Å². The lowest BCUT2D eigenvalue weighted by Gasteiger charge is -2.14. The van der Waals surface area contributed by atoms with Crippen LogP contribution >= 0.6 is 22.9 Å². The monoisotopic (exact) mass is 461 g/mol. The Morgan fingerprint density at radius 1 is 1.29 bits per heavy atom. The molecule has 8 nitrogen and oxygen atoms in total. The normalized spacial score (nSPS) is 11.7.